The van der Waals surface area contributed by atoms with E-state index in [1.807, 2.05) is 37.5 Å². The third-order valence-corrected chi connectivity index (χ3v) is 9.73. The number of nitrogens with one attached hydrogen (secondary N) is 1. The number of amides is 2. The summed E-state index contributed by atoms with van der Waals surface area (Å²) in [6, 6.07) is 4.05. The number of methoxy groups -OCH3 is 1. The molecule has 0 aromatic carbocycles. The van der Waals surface area contributed by atoms with E-state index in [9.17, 15) is 9.59 Å². The fourth-order valence-corrected chi connectivity index (χ4v) is 7.52. The Morgan fingerprint density at radius 3 is 2.55 bits per heavy atom. The van der Waals surface area contributed by atoms with E-state index >= 15 is 0 Å². The molecule has 4 unspecified atom stereocenters. The van der Waals surface area contributed by atoms with Crippen molar-refractivity contribution in [3.63, 3.8) is 0 Å². The van der Waals surface area contributed by atoms with Crippen LogP contribution in [0.15, 0.2) is 41.4 Å². The second kappa shape index (κ2) is 13.1. The lowest BCUT2D eigenvalue weighted by atomic mass is 9.79. The average Bonchev–Trinajstić information content (AvgIpc) is 3.36. The number of piperazine rings is 1. The summed E-state index contributed by atoms with van der Waals surface area (Å²) in [5.74, 6) is 1.04. The van der Waals surface area contributed by atoms with Crippen LogP contribution in [0, 0.1) is 11.8 Å². The van der Waals surface area contributed by atoms with Gasteiger partial charge in [-0.25, -0.2) is 9.97 Å². The second-order valence-electron chi connectivity index (χ2n) is 10.2. The zero-order chi connectivity index (χ0) is 27.2. The van der Waals surface area contributed by atoms with Gasteiger partial charge in [0, 0.05) is 51.3 Å². The van der Waals surface area contributed by atoms with Gasteiger partial charge in [0.05, 0.1) is 22.4 Å². The van der Waals surface area contributed by atoms with E-state index in [1.165, 1.54) is 6.08 Å². The van der Waals surface area contributed by atoms with E-state index in [0.29, 0.717) is 32.1 Å². The Kier molecular flexibility index (Phi) is 9.80. The number of nitrogens with zero attached hydrogens (tertiary/aromatic N) is 5. The molecule has 4 atom stereocenters. The summed E-state index contributed by atoms with van der Waals surface area (Å²) in [6.45, 7) is 8.83. The van der Waals surface area contributed by atoms with Crippen LogP contribution in [0.25, 0.3) is 0 Å². The molecule has 0 radical (unpaired) electrons. The molecule has 38 heavy (non-hydrogen) atoms. The molecule has 206 valence electrons. The van der Waals surface area contributed by atoms with Crippen LogP contribution < -0.4 is 5.32 Å². The quantitative estimate of drug-likeness (QED) is 0.466. The second-order valence-corrected chi connectivity index (χ2v) is 12.8. The highest BCUT2D eigenvalue weighted by Gasteiger charge is 2.42. The maximum Gasteiger partial charge on any atom is 0.246 e. The molecule has 2 fully saturated rings. The predicted octanol–water partition coefficient (Wildman–Crippen LogP) is 3.72. The number of thiazole rings is 1. The first-order chi connectivity index (χ1) is 18.3. The van der Waals surface area contributed by atoms with Gasteiger partial charge in [-0.1, -0.05) is 30.9 Å². The van der Waals surface area contributed by atoms with Crippen LogP contribution in [0.2, 0.25) is 0 Å². The van der Waals surface area contributed by atoms with Crippen molar-refractivity contribution in [2.75, 3.05) is 52.7 Å². The van der Waals surface area contributed by atoms with Crippen molar-refractivity contribution in [2.45, 2.75) is 41.9 Å². The van der Waals surface area contributed by atoms with Crippen molar-refractivity contribution in [1.29, 1.82) is 0 Å². The van der Waals surface area contributed by atoms with Gasteiger partial charge in [-0.3, -0.25) is 9.59 Å². The summed E-state index contributed by atoms with van der Waals surface area (Å²) in [6.07, 6.45) is 6.62. The number of carbonyl (C=O) groups is 2. The predicted molar refractivity (Wildman–Crippen MR) is 153 cm³/mol. The number of pyridine rings is 1. The number of thioether (sulfide) groups is 1. The van der Waals surface area contributed by atoms with Crippen molar-refractivity contribution < 1.29 is 14.3 Å². The summed E-state index contributed by atoms with van der Waals surface area (Å²) >= 11 is 3.41. The Labute approximate surface area is 233 Å². The van der Waals surface area contributed by atoms with Crippen LogP contribution in [-0.2, 0) is 20.9 Å². The largest absolute Gasteiger partial charge is 0.381 e. The Morgan fingerprint density at radius 1 is 1.18 bits per heavy atom. The molecular weight excluding hydrogens is 520 g/mol. The minimum Gasteiger partial charge on any atom is -0.381 e. The van der Waals surface area contributed by atoms with Crippen LogP contribution in [0.3, 0.4) is 0 Å². The molecule has 4 rings (SSSR count). The fraction of sp³-hybridized carbons (Fsp3) is 0.556. The summed E-state index contributed by atoms with van der Waals surface area (Å²) in [4.78, 5) is 40.3. The normalized spacial score (nSPS) is 23.9. The van der Waals surface area contributed by atoms with Crippen LogP contribution >= 0.6 is 23.1 Å². The molecular formula is C27H38N6O3S2. The molecule has 2 aromatic rings. The minimum atomic E-state index is -0.189. The number of rotatable bonds is 9. The van der Waals surface area contributed by atoms with E-state index < -0.39 is 0 Å². The van der Waals surface area contributed by atoms with Crippen molar-refractivity contribution in [3.05, 3.63) is 42.7 Å². The zero-order valence-electron chi connectivity index (χ0n) is 22.6. The Morgan fingerprint density at radius 2 is 1.92 bits per heavy atom. The standard InChI is InChI=1S/C27H38N6O3S2/c1-6-24(34)32-9-11-33(12-10-32)26(35)20-14-22(18(2)13-21(20)36-5)37-25-16-29-27(38-25)30-23-8-7-19(15-28-23)17-31(3)4/h6-8,15-16,18,20-22H,1,9-14,17H2,2-5H3,(H,28,29,30). The third kappa shape index (κ3) is 7.13. The highest BCUT2D eigenvalue weighted by Crippen LogP contribution is 2.43. The monoisotopic (exact) mass is 558 g/mol. The molecule has 2 aromatic heterocycles. The Balaban J connectivity index is 1.36. The minimum absolute atomic E-state index is 0.0784. The highest BCUT2D eigenvalue weighted by molar-refractivity contribution is 8.01. The summed E-state index contributed by atoms with van der Waals surface area (Å²) < 4.78 is 6.92. The molecule has 1 saturated heterocycles. The molecule has 1 N–H and O–H groups in total. The molecule has 3 heterocycles. The first-order valence-corrected chi connectivity index (χ1v) is 14.7. The lowest BCUT2D eigenvalue weighted by Gasteiger charge is -2.42. The van der Waals surface area contributed by atoms with E-state index in [1.54, 1.807) is 35.1 Å². The Bertz CT molecular complexity index is 1100. The number of anilines is 2. The van der Waals surface area contributed by atoms with Gasteiger partial charge < -0.3 is 24.8 Å². The first-order valence-electron chi connectivity index (χ1n) is 13.0. The highest BCUT2D eigenvalue weighted by atomic mass is 32.2. The Hall–Kier alpha value is -2.47. The number of ether oxygens (including phenoxy) is 1. The lowest BCUT2D eigenvalue weighted by Crippen LogP contribution is -2.54. The maximum atomic E-state index is 13.5. The lowest BCUT2D eigenvalue weighted by molar-refractivity contribution is -0.146. The molecule has 0 bridgehead atoms. The van der Waals surface area contributed by atoms with Crippen LogP contribution in [0.5, 0.6) is 0 Å². The van der Waals surface area contributed by atoms with Gasteiger partial charge >= 0.3 is 0 Å². The molecule has 1 aliphatic carbocycles. The molecule has 11 heteroatoms. The molecule has 9 nitrogen and oxygen atoms in total. The molecule has 1 aliphatic heterocycles. The van der Waals surface area contributed by atoms with E-state index in [0.717, 1.165) is 40.1 Å². The van der Waals surface area contributed by atoms with E-state index in [-0.39, 0.29) is 29.1 Å². The van der Waals surface area contributed by atoms with Gasteiger partial charge in [0.1, 0.15) is 5.82 Å². The van der Waals surface area contributed by atoms with E-state index in [4.69, 9.17) is 4.74 Å². The number of aromatic nitrogens is 2. The summed E-state index contributed by atoms with van der Waals surface area (Å²) in [5.41, 5.74) is 1.16. The third-order valence-electron chi connectivity index (χ3n) is 7.18. The number of carbonyl (C=O) groups excluding carboxylic acids is 2. The topological polar surface area (TPSA) is 90.9 Å². The maximum absolute atomic E-state index is 13.5. The van der Waals surface area contributed by atoms with E-state index in [2.05, 4.69) is 39.8 Å². The molecule has 1 saturated carbocycles. The zero-order valence-corrected chi connectivity index (χ0v) is 24.3. The summed E-state index contributed by atoms with van der Waals surface area (Å²) in [5, 5.41) is 4.40. The smallest absolute Gasteiger partial charge is 0.246 e. The van der Waals surface area contributed by atoms with Crippen molar-refractivity contribution in [1.82, 2.24) is 24.7 Å². The van der Waals surface area contributed by atoms with Crippen LogP contribution in [0.4, 0.5) is 10.9 Å². The van der Waals surface area contributed by atoms with Gasteiger partial charge in [-0.15, -0.1) is 11.8 Å². The average molecular weight is 559 g/mol. The van der Waals surface area contributed by atoms with Crippen molar-refractivity contribution in [2.24, 2.45) is 11.8 Å². The van der Waals surface area contributed by atoms with Gasteiger partial charge in [0.25, 0.3) is 0 Å². The van der Waals surface area contributed by atoms with Crippen LogP contribution in [-0.4, -0.2) is 95.2 Å². The fourth-order valence-electron chi connectivity index (χ4n) is 5.10. The molecule has 0 spiro atoms. The van der Waals surface area contributed by atoms with Gasteiger partial charge in [0.15, 0.2) is 5.13 Å². The van der Waals surface area contributed by atoms with Gasteiger partial charge in [-0.2, -0.15) is 0 Å². The van der Waals surface area contributed by atoms with Crippen molar-refractivity contribution in [3.8, 4) is 0 Å². The SMILES string of the molecule is C=CC(=O)N1CCN(C(=O)C2CC(Sc3cnc(Nc4ccc(CN(C)C)cn4)s3)C(C)CC2OC)CC1. The number of hydrogen-bond acceptors (Lipinski definition) is 9. The molecule has 2 aliphatic rings. The summed E-state index contributed by atoms with van der Waals surface area (Å²) in [7, 11) is 5.78. The van der Waals surface area contributed by atoms with Gasteiger partial charge in [-0.05, 0) is 50.6 Å². The van der Waals surface area contributed by atoms with Crippen molar-refractivity contribution >= 4 is 45.9 Å². The van der Waals surface area contributed by atoms with Crippen LogP contribution in [0.1, 0.15) is 25.3 Å². The molecule has 2 amide bonds. The van der Waals surface area contributed by atoms with Gasteiger partial charge in [0.2, 0.25) is 11.8 Å². The number of hydrogen-bond donors (Lipinski definition) is 1. The first kappa shape index (κ1) is 28.5.